The first-order chi connectivity index (χ1) is 7.11. The molecule has 0 bridgehead atoms. The Hall–Kier alpha value is -0.250. The van der Waals surface area contributed by atoms with Gasteiger partial charge >= 0.3 is 0 Å². The van der Waals surface area contributed by atoms with Gasteiger partial charge in [0.1, 0.15) is 0 Å². The topological polar surface area (TPSA) is 21.3 Å². The maximum atomic E-state index is 5.96. The van der Waals surface area contributed by atoms with Crippen molar-refractivity contribution in [2.24, 2.45) is 0 Å². The van der Waals surface area contributed by atoms with Crippen molar-refractivity contribution in [1.29, 1.82) is 0 Å². The average Bonchev–Trinajstić information content (AvgIpc) is 2.18. The average molecular weight is 293 g/mol. The van der Waals surface area contributed by atoms with Gasteiger partial charge in [0.25, 0.3) is 0 Å². The minimum absolute atomic E-state index is 0.273. The predicted octanol–water partition coefficient (Wildman–Crippen LogP) is 3.94. The fourth-order valence-corrected chi connectivity index (χ4v) is 1.70. The summed E-state index contributed by atoms with van der Waals surface area (Å²) in [5.74, 6) is 0. The molecule has 84 valence electrons. The molecule has 1 rings (SSSR count). The monoisotopic (exact) mass is 291 g/mol. The maximum Gasteiger partial charge on any atom is 0.0642 e. The molecular weight excluding hydrogens is 277 g/mol. The lowest BCUT2D eigenvalue weighted by molar-refractivity contribution is 0.0870. The molecule has 1 aromatic carbocycles. The molecule has 1 N–H and O–H groups in total. The summed E-state index contributed by atoms with van der Waals surface area (Å²) >= 11 is 9.38. The van der Waals surface area contributed by atoms with Crippen molar-refractivity contribution in [1.82, 2.24) is 0 Å². The standard InChI is InChI=1S/C11H15BrClNO/c1-8(2)15-7-6-14-10-5-3-4-9(13)11(10)12/h3-5,8,14H,6-7H2,1-2H3. The summed E-state index contributed by atoms with van der Waals surface area (Å²) in [5.41, 5.74) is 0.995. The number of ether oxygens (including phenoxy) is 1. The molecule has 0 saturated heterocycles. The number of hydrogen-bond acceptors (Lipinski definition) is 2. The normalized spacial score (nSPS) is 10.7. The van der Waals surface area contributed by atoms with Crippen LogP contribution in [0.25, 0.3) is 0 Å². The SMILES string of the molecule is CC(C)OCCNc1cccc(Cl)c1Br. The molecule has 15 heavy (non-hydrogen) atoms. The minimum Gasteiger partial charge on any atom is -0.382 e. The molecule has 0 aliphatic carbocycles. The number of anilines is 1. The van der Waals surface area contributed by atoms with E-state index in [1.54, 1.807) is 0 Å². The molecule has 0 amide bonds. The highest BCUT2D eigenvalue weighted by Crippen LogP contribution is 2.29. The van der Waals surface area contributed by atoms with Crippen LogP contribution in [0.4, 0.5) is 5.69 Å². The lowest BCUT2D eigenvalue weighted by Crippen LogP contribution is -2.13. The van der Waals surface area contributed by atoms with Crippen LogP contribution in [0.2, 0.25) is 5.02 Å². The van der Waals surface area contributed by atoms with Gasteiger partial charge in [0.05, 0.1) is 27.9 Å². The number of hydrogen-bond donors (Lipinski definition) is 1. The first-order valence-electron chi connectivity index (χ1n) is 4.90. The highest BCUT2D eigenvalue weighted by atomic mass is 79.9. The lowest BCUT2D eigenvalue weighted by atomic mass is 10.3. The zero-order valence-electron chi connectivity index (χ0n) is 8.89. The lowest BCUT2D eigenvalue weighted by Gasteiger charge is -2.11. The van der Waals surface area contributed by atoms with Crippen LogP contribution in [0.3, 0.4) is 0 Å². The molecule has 0 saturated carbocycles. The molecule has 0 radical (unpaired) electrons. The molecule has 0 heterocycles. The van der Waals surface area contributed by atoms with E-state index in [1.807, 2.05) is 32.0 Å². The van der Waals surface area contributed by atoms with Crippen LogP contribution in [0.5, 0.6) is 0 Å². The van der Waals surface area contributed by atoms with Gasteiger partial charge in [0, 0.05) is 6.54 Å². The van der Waals surface area contributed by atoms with E-state index in [1.165, 1.54) is 0 Å². The summed E-state index contributed by atoms with van der Waals surface area (Å²) in [4.78, 5) is 0. The van der Waals surface area contributed by atoms with Crippen LogP contribution in [0.1, 0.15) is 13.8 Å². The van der Waals surface area contributed by atoms with Crippen LogP contribution < -0.4 is 5.32 Å². The second kappa shape index (κ2) is 6.36. The second-order valence-corrected chi connectivity index (χ2v) is 4.65. The van der Waals surface area contributed by atoms with E-state index < -0.39 is 0 Å². The van der Waals surface area contributed by atoms with Gasteiger partial charge in [-0.05, 0) is 41.9 Å². The summed E-state index contributed by atoms with van der Waals surface area (Å²) in [7, 11) is 0. The Morgan fingerprint density at radius 3 is 2.87 bits per heavy atom. The summed E-state index contributed by atoms with van der Waals surface area (Å²) < 4.78 is 6.32. The highest BCUT2D eigenvalue weighted by Gasteiger charge is 2.02. The fraction of sp³-hybridized carbons (Fsp3) is 0.455. The van der Waals surface area contributed by atoms with Crippen molar-refractivity contribution in [2.75, 3.05) is 18.5 Å². The summed E-state index contributed by atoms with van der Waals surface area (Å²) in [6.45, 7) is 5.51. The Morgan fingerprint density at radius 2 is 2.20 bits per heavy atom. The van der Waals surface area contributed by atoms with Crippen molar-refractivity contribution >= 4 is 33.2 Å². The predicted molar refractivity (Wildman–Crippen MR) is 68.7 cm³/mol. The minimum atomic E-state index is 0.273. The highest BCUT2D eigenvalue weighted by molar-refractivity contribution is 9.10. The van der Waals surface area contributed by atoms with E-state index in [0.717, 1.165) is 16.7 Å². The van der Waals surface area contributed by atoms with E-state index in [2.05, 4.69) is 21.2 Å². The van der Waals surface area contributed by atoms with E-state index >= 15 is 0 Å². The van der Waals surface area contributed by atoms with E-state index in [0.29, 0.717) is 11.6 Å². The van der Waals surface area contributed by atoms with Crippen LogP contribution in [-0.4, -0.2) is 19.3 Å². The van der Waals surface area contributed by atoms with Gasteiger partial charge in [-0.3, -0.25) is 0 Å². The van der Waals surface area contributed by atoms with E-state index in [9.17, 15) is 0 Å². The molecule has 0 unspecified atom stereocenters. The summed E-state index contributed by atoms with van der Waals surface area (Å²) in [6, 6.07) is 5.74. The summed E-state index contributed by atoms with van der Waals surface area (Å²) in [6.07, 6.45) is 0.273. The van der Waals surface area contributed by atoms with Crippen molar-refractivity contribution < 1.29 is 4.74 Å². The molecule has 0 fully saturated rings. The van der Waals surface area contributed by atoms with Gasteiger partial charge in [-0.1, -0.05) is 17.7 Å². The van der Waals surface area contributed by atoms with Gasteiger partial charge in [0.2, 0.25) is 0 Å². The molecule has 2 nitrogen and oxygen atoms in total. The largest absolute Gasteiger partial charge is 0.382 e. The Labute approximate surface area is 104 Å². The molecule has 4 heteroatoms. The molecular formula is C11H15BrClNO. The van der Waals surface area contributed by atoms with Gasteiger partial charge < -0.3 is 10.1 Å². The fourth-order valence-electron chi connectivity index (χ4n) is 1.12. The van der Waals surface area contributed by atoms with Crippen LogP contribution in [-0.2, 0) is 4.74 Å². The zero-order chi connectivity index (χ0) is 11.3. The van der Waals surface area contributed by atoms with E-state index in [-0.39, 0.29) is 6.10 Å². The third-order valence-corrected chi connectivity index (χ3v) is 3.22. The van der Waals surface area contributed by atoms with Crippen LogP contribution in [0.15, 0.2) is 22.7 Å². The van der Waals surface area contributed by atoms with Crippen LogP contribution >= 0.6 is 27.5 Å². The van der Waals surface area contributed by atoms with Crippen molar-refractivity contribution in [3.8, 4) is 0 Å². The molecule has 0 aliphatic rings. The quantitative estimate of drug-likeness (QED) is 0.830. The van der Waals surface area contributed by atoms with Crippen molar-refractivity contribution in [3.05, 3.63) is 27.7 Å². The first kappa shape index (κ1) is 12.8. The number of nitrogens with one attached hydrogen (secondary N) is 1. The molecule has 0 aromatic heterocycles. The van der Waals surface area contributed by atoms with Crippen molar-refractivity contribution in [3.63, 3.8) is 0 Å². The molecule has 0 atom stereocenters. The smallest absolute Gasteiger partial charge is 0.0642 e. The van der Waals surface area contributed by atoms with Crippen LogP contribution in [0, 0.1) is 0 Å². The Morgan fingerprint density at radius 1 is 1.47 bits per heavy atom. The third-order valence-electron chi connectivity index (χ3n) is 1.82. The maximum absolute atomic E-state index is 5.96. The number of halogens is 2. The van der Waals surface area contributed by atoms with Crippen molar-refractivity contribution in [2.45, 2.75) is 20.0 Å². The molecule has 0 spiro atoms. The number of rotatable bonds is 5. The second-order valence-electron chi connectivity index (χ2n) is 3.45. The van der Waals surface area contributed by atoms with Gasteiger partial charge in [-0.25, -0.2) is 0 Å². The van der Waals surface area contributed by atoms with Gasteiger partial charge in [-0.2, -0.15) is 0 Å². The third kappa shape index (κ3) is 4.41. The summed E-state index contributed by atoms with van der Waals surface area (Å²) in [5, 5.41) is 3.97. The Balaban J connectivity index is 2.41. The number of benzene rings is 1. The van der Waals surface area contributed by atoms with Gasteiger partial charge in [-0.15, -0.1) is 0 Å². The Bertz CT molecular complexity index is 317. The van der Waals surface area contributed by atoms with Gasteiger partial charge in [0.15, 0.2) is 0 Å². The first-order valence-corrected chi connectivity index (χ1v) is 6.08. The molecule has 0 aliphatic heterocycles. The Kier molecular flexibility index (Phi) is 5.43. The zero-order valence-corrected chi connectivity index (χ0v) is 11.2. The molecule has 1 aromatic rings. The van der Waals surface area contributed by atoms with E-state index in [4.69, 9.17) is 16.3 Å².